The Hall–Kier alpha value is -1.47. The van der Waals surface area contributed by atoms with Crippen molar-refractivity contribution in [1.29, 1.82) is 0 Å². The SMILES string of the molecule is CCCCCCCC/C=C\CCCCCCCCCCCC(=O)OC(COC(=O)CCCCCCCCC/C=C\CCCCCCCC)COP(=O)(O)OC. The Morgan fingerprint density at radius 2 is 0.818 bits per heavy atom. The van der Waals surface area contributed by atoms with Crippen LogP contribution in [0.1, 0.15) is 232 Å². The summed E-state index contributed by atoms with van der Waals surface area (Å²) in [5, 5.41) is 0. The van der Waals surface area contributed by atoms with Crippen LogP contribution in [-0.4, -0.2) is 43.3 Å². The van der Waals surface area contributed by atoms with Crippen molar-refractivity contribution in [2.75, 3.05) is 20.3 Å². The molecule has 9 heteroatoms. The molecule has 0 rings (SSSR count). The molecule has 2 atom stereocenters. The van der Waals surface area contributed by atoms with Gasteiger partial charge in [0.2, 0.25) is 0 Å². The highest BCUT2D eigenvalue weighted by Gasteiger charge is 2.24. The summed E-state index contributed by atoms with van der Waals surface area (Å²) in [6, 6.07) is 0. The van der Waals surface area contributed by atoms with E-state index in [1.165, 1.54) is 167 Å². The van der Waals surface area contributed by atoms with E-state index in [1.807, 2.05) is 0 Å². The number of rotatable bonds is 43. The fraction of sp³-hybridized carbons (Fsp3) is 0.870. The third kappa shape index (κ3) is 42.0. The maximum atomic E-state index is 12.5. The predicted molar refractivity (Wildman–Crippen MR) is 230 cm³/mol. The molecule has 0 fully saturated rings. The Morgan fingerprint density at radius 3 is 1.18 bits per heavy atom. The summed E-state index contributed by atoms with van der Waals surface area (Å²) < 4.78 is 32.0. The minimum absolute atomic E-state index is 0.225. The number of unbranched alkanes of at least 4 members (excludes halogenated alkanes) is 28. The topological polar surface area (TPSA) is 108 Å². The number of hydrogen-bond donors (Lipinski definition) is 1. The van der Waals surface area contributed by atoms with Crippen molar-refractivity contribution in [2.45, 2.75) is 238 Å². The lowest BCUT2D eigenvalue weighted by atomic mass is 10.1. The van der Waals surface area contributed by atoms with Crippen molar-refractivity contribution in [3.63, 3.8) is 0 Å². The highest BCUT2D eigenvalue weighted by molar-refractivity contribution is 7.47. The quantitative estimate of drug-likeness (QED) is 0.0281. The molecule has 0 spiro atoms. The lowest BCUT2D eigenvalue weighted by molar-refractivity contribution is -0.161. The van der Waals surface area contributed by atoms with Crippen LogP contribution in [0, 0.1) is 0 Å². The van der Waals surface area contributed by atoms with E-state index in [0.717, 1.165) is 39.2 Å². The smallest absolute Gasteiger partial charge is 0.462 e. The van der Waals surface area contributed by atoms with Gasteiger partial charge in [-0.1, -0.05) is 179 Å². The molecule has 1 N–H and O–H groups in total. The normalized spacial score (nSPS) is 13.5. The molecule has 324 valence electrons. The number of phosphoric acid groups is 1. The average Bonchev–Trinajstić information content (AvgIpc) is 3.18. The van der Waals surface area contributed by atoms with E-state index in [2.05, 4.69) is 42.7 Å². The zero-order chi connectivity index (χ0) is 40.3. The fourth-order valence-corrected chi connectivity index (χ4v) is 7.05. The molecule has 0 amide bonds. The van der Waals surface area contributed by atoms with Crippen molar-refractivity contribution in [3.8, 4) is 0 Å². The van der Waals surface area contributed by atoms with E-state index >= 15 is 0 Å². The molecule has 2 unspecified atom stereocenters. The molecule has 8 nitrogen and oxygen atoms in total. The maximum absolute atomic E-state index is 12.5. The highest BCUT2D eigenvalue weighted by Crippen LogP contribution is 2.42. The molecule has 0 aliphatic rings. The van der Waals surface area contributed by atoms with Crippen LogP contribution in [0.5, 0.6) is 0 Å². The number of allylic oxidation sites excluding steroid dienone is 4. The lowest BCUT2D eigenvalue weighted by Gasteiger charge is -2.19. The van der Waals surface area contributed by atoms with Gasteiger partial charge < -0.3 is 14.4 Å². The Balaban J connectivity index is 3.95. The first kappa shape index (κ1) is 53.5. The number of carbonyl (C=O) groups excluding carboxylic acids is 2. The summed E-state index contributed by atoms with van der Waals surface area (Å²) in [5.41, 5.74) is 0. The first-order valence-corrected chi connectivity index (χ1v) is 24.5. The summed E-state index contributed by atoms with van der Waals surface area (Å²) in [5.74, 6) is -0.802. The van der Waals surface area contributed by atoms with E-state index in [-0.39, 0.29) is 25.4 Å². The summed E-state index contributed by atoms with van der Waals surface area (Å²) in [6.45, 7) is 3.90. The lowest BCUT2D eigenvalue weighted by Crippen LogP contribution is -2.29. The van der Waals surface area contributed by atoms with Crippen molar-refractivity contribution in [1.82, 2.24) is 0 Å². The van der Waals surface area contributed by atoms with Gasteiger partial charge >= 0.3 is 19.8 Å². The van der Waals surface area contributed by atoms with Crippen LogP contribution in [0.15, 0.2) is 24.3 Å². The second-order valence-corrected chi connectivity index (χ2v) is 17.1. The van der Waals surface area contributed by atoms with Gasteiger partial charge in [-0.25, -0.2) is 4.57 Å². The van der Waals surface area contributed by atoms with Crippen molar-refractivity contribution in [3.05, 3.63) is 24.3 Å². The summed E-state index contributed by atoms with van der Waals surface area (Å²) in [7, 11) is -3.20. The number of carbonyl (C=O) groups is 2. The average molecular weight is 799 g/mol. The molecule has 0 saturated carbocycles. The molecule has 0 aromatic carbocycles. The molecular formula is C46H87O8P. The van der Waals surface area contributed by atoms with Crippen LogP contribution in [0.25, 0.3) is 0 Å². The molecule has 0 aliphatic carbocycles. The van der Waals surface area contributed by atoms with Gasteiger partial charge in [-0.3, -0.25) is 18.6 Å². The van der Waals surface area contributed by atoms with Gasteiger partial charge in [0.25, 0.3) is 0 Å². The fourth-order valence-electron chi connectivity index (χ4n) is 6.59. The summed E-state index contributed by atoms with van der Waals surface area (Å²) in [6.07, 6.45) is 48.0. The molecular weight excluding hydrogens is 711 g/mol. The monoisotopic (exact) mass is 799 g/mol. The Labute approximate surface area is 339 Å². The van der Waals surface area contributed by atoms with Gasteiger partial charge in [0.15, 0.2) is 6.10 Å². The zero-order valence-corrected chi connectivity index (χ0v) is 37.0. The Bertz CT molecular complexity index is 952. The van der Waals surface area contributed by atoms with Crippen molar-refractivity contribution < 1.29 is 37.6 Å². The van der Waals surface area contributed by atoms with Crippen molar-refractivity contribution in [2.24, 2.45) is 0 Å². The van der Waals surface area contributed by atoms with Crippen LogP contribution in [0.2, 0.25) is 0 Å². The van der Waals surface area contributed by atoms with E-state index in [1.54, 1.807) is 0 Å². The van der Waals surface area contributed by atoms with Gasteiger partial charge in [0.05, 0.1) is 6.61 Å². The summed E-state index contributed by atoms with van der Waals surface area (Å²) in [4.78, 5) is 34.5. The van der Waals surface area contributed by atoms with E-state index < -0.39 is 26.5 Å². The third-order valence-electron chi connectivity index (χ3n) is 10.2. The number of hydrogen-bond acceptors (Lipinski definition) is 7. The maximum Gasteiger partial charge on any atom is 0.472 e. The second kappa shape index (κ2) is 42.1. The summed E-state index contributed by atoms with van der Waals surface area (Å²) >= 11 is 0. The van der Waals surface area contributed by atoms with Crippen LogP contribution in [0.3, 0.4) is 0 Å². The molecule has 0 bridgehead atoms. The molecule has 0 radical (unpaired) electrons. The molecule has 0 heterocycles. The minimum Gasteiger partial charge on any atom is -0.462 e. The number of phosphoric ester groups is 1. The minimum atomic E-state index is -4.26. The number of esters is 2. The molecule has 0 aromatic rings. The largest absolute Gasteiger partial charge is 0.472 e. The van der Waals surface area contributed by atoms with E-state index in [4.69, 9.17) is 14.0 Å². The Morgan fingerprint density at radius 1 is 0.491 bits per heavy atom. The van der Waals surface area contributed by atoms with E-state index in [0.29, 0.717) is 6.42 Å². The Kier molecular flexibility index (Phi) is 41.0. The van der Waals surface area contributed by atoms with Gasteiger partial charge in [-0.05, 0) is 64.2 Å². The van der Waals surface area contributed by atoms with Crippen molar-refractivity contribution >= 4 is 19.8 Å². The first-order chi connectivity index (χ1) is 26.8. The van der Waals surface area contributed by atoms with Gasteiger partial charge in [-0.2, -0.15) is 0 Å². The standard InChI is InChI=1S/C46H87O8P/c1-4-6-8-10-12-14-16-18-20-22-23-25-27-29-31-33-35-37-39-41-46(48)54-44(43-53-55(49,50)51-3)42-52-45(47)40-38-36-34-32-30-28-26-24-21-19-17-15-13-11-9-7-5-2/h18-21,44H,4-17,22-43H2,1-3H3,(H,49,50)/b20-18-,21-19-. The van der Waals surface area contributed by atoms with Gasteiger partial charge in [0, 0.05) is 20.0 Å². The van der Waals surface area contributed by atoms with E-state index in [9.17, 15) is 19.0 Å². The van der Waals surface area contributed by atoms with Gasteiger partial charge in [0.1, 0.15) is 6.61 Å². The van der Waals surface area contributed by atoms with Gasteiger partial charge in [-0.15, -0.1) is 0 Å². The van der Waals surface area contributed by atoms with Crippen LogP contribution < -0.4 is 0 Å². The highest BCUT2D eigenvalue weighted by atomic mass is 31.2. The zero-order valence-electron chi connectivity index (χ0n) is 36.1. The molecule has 55 heavy (non-hydrogen) atoms. The predicted octanol–water partition coefficient (Wildman–Crippen LogP) is 14.6. The molecule has 0 aliphatic heterocycles. The van der Waals surface area contributed by atoms with Crippen LogP contribution in [-0.2, 0) is 32.7 Å². The molecule has 0 aromatic heterocycles. The first-order valence-electron chi connectivity index (χ1n) is 23.0. The third-order valence-corrected chi connectivity index (χ3v) is 11.1. The number of ether oxygens (including phenoxy) is 2. The molecule has 0 saturated heterocycles. The van der Waals surface area contributed by atoms with Crippen LogP contribution in [0.4, 0.5) is 0 Å². The van der Waals surface area contributed by atoms with Crippen LogP contribution >= 0.6 is 7.82 Å². The second-order valence-electron chi connectivity index (χ2n) is 15.5.